The van der Waals surface area contributed by atoms with Crippen molar-refractivity contribution in [2.75, 3.05) is 13.2 Å². The molecule has 1 N–H and O–H groups in total. The zero-order valence-electron chi connectivity index (χ0n) is 9.94. The average Bonchev–Trinajstić information content (AvgIpc) is 3.00. The second kappa shape index (κ2) is 6.66. The summed E-state index contributed by atoms with van der Waals surface area (Å²) in [5.74, 6) is -0.294. The van der Waals surface area contributed by atoms with Crippen LogP contribution in [-0.2, 0) is 14.3 Å². The van der Waals surface area contributed by atoms with Gasteiger partial charge in [0.2, 0.25) is 0 Å². The number of hydrogen-bond donors (Lipinski definition) is 1. The Morgan fingerprint density at radius 1 is 1.69 bits per heavy atom. The van der Waals surface area contributed by atoms with E-state index >= 15 is 0 Å². The summed E-state index contributed by atoms with van der Waals surface area (Å²) in [5.41, 5.74) is 0.631. The number of carbonyl (C=O) groups is 1. The Balaban J connectivity index is 2.12. The van der Waals surface area contributed by atoms with E-state index in [0.29, 0.717) is 18.1 Å². The fraction of sp³-hybridized carbons (Fsp3) is 0.750. The number of carbonyl (C=O) groups excluding carboxylic acids is 1. The fourth-order valence-corrected chi connectivity index (χ4v) is 1.24. The molecular weight excluding hydrogens is 208 g/mol. The number of aliphatic hydroxyl groups excluding tert-OH is 1. The maximum absolute atomic E-state index is 11.4. The van der Waals surface area contributed by atoms with Gasteiger partial charge in [-0.15, -0.1) is 0 Å². The molecule has 1 aliphatic heterocycles. The second-order valence-corrected chi connectivity index (χ2v) is 4.19. The predicted molar refractivity (Wildman–Crippen MR) is 60.0 cm³/mol. The molecule has 1 fully saturated rings. The molecule has 4 heteroatoms. The topological polar surface area (TPSA) is 59.1 Å². The molecule has 0 aromatic heterocycles. The molecule has 0 aromatic carbocycles. The summed E-state index contributed by atoms with van der Waals surface area (Å²) in [5, 5.41) is 8.99. The van der Waals surface area contributed by atoms with Crippen molar-refractivity contribution in [2.45, 2.75) is 45.3 Å². The van der Waals surface area contributed by atoms with Crippen LogP contribution >= 0.6 is 0 Å². The van der Waals surface area contributed by atoms with Crippen molar-refractivity contribution < 1.29 is 19.4 Å². The van der Waals surface area contributed by atoms with E-state index in [2.05, 4.69) is 0 Å². The lowest BCUT2D eigenvalue weighted by molar-refractivity contribution is -0.139. The van der Waals surface area contributed by atoms with Crippen LogP contribution < -0.4 is 0 Å². The molecule has 16 heavy (non-hydrogen) atoms. The highest BCUT2D eigenvalue weighted by atomic mass is 16.6. The molecule has 4 nitrogen and oxygen atoms in total. The fourth-order valence-electron chi connectivity index (χ4n) is 1.24. The van der Waals surface area contributed by atoms with Gasteiger partial charge >= 0.3 is 5.97 Å². The lowest BCUT2D eigenvalue weighted by atomic mass is 10.2. The van der Waals surface area contributed by atoms with Crippen LogP contribution in [0.5, 0.6) is 0 Å². The maximum Gasteiger partial charge on any atom is 0.333 e. The van der Waals surface area contributed by atoms with Crippen LogP contribution in [-0.4, -0.2) is 36.5 Å². The third kappa shape index (κ3) is 5.88. The standard InChI is InChI=1S/C12H20O4/c1-9(4-3-5-11-8-16-11)12(14)15-7-6-10(2)13/h4,10-11,13H,3,5-8H2,1-2H3. The van der Waals surface area contributed by atoms with Crippen molar-refractivity contribution in [3.63, 3.8) is 0 Å². The van der Waals surface area contributed by atoms with Gasteiger partial charge in [0.1, 0.15) is 0 Å². The highest BCUT2D eigenvalue weighted by Crippen LogP contribution is 2.16. The molecule has 0 saturated carbocycles. The van der Waals surface area contributed by atoms with Gasteiger partial charge in [-0.2, -0.15) is 0 Å². The molecule has 1 saturated heterocycles. The quantitative estimate of drug-likeness (QED) is 0.407. The van der Waals surface area contributed by atoms with Crippen LogP contribution in [0.25, 0.3) is 0 Å². The molecule has 2 unspecified atom stereocenters. The van der Waals surface area contributed by atoms with Crippen molar-refractivity contribution in [3.8, 4) is 0 Å². The van der Waals surface area contributed by atoms with Gasteiger partial charge in [0.25, 0.3) is 0 Å². The van der Waals surface area contributed by atoms with Gasteiger partial charge in [-0.05, 0) is 26.7 Å². The third-order valence-corrected chi connectivity index (χ3v) is 2.43. The van der Waals surface area contributed by atoms with Crippen molar-refractivity contribution >= 4 is 5.97 Å². The Morgan fingerprint density at radius 3 is 2.94 bits per heavy atom. The van der Waals surface area contributed by atoms with E-state index in [1.807, 2.05) is 6.08 Å². The smallest absolute Gasteiger partial charge is 0.333 e. The summed E-state index contributed by atoms with van der Waals surface area (Å²) in [6, 6.07) is 0. The van der Waals surface area contributed by atoms with E-state index in [1.54, 1.807) is 13.8 Å². The minimum Gasteiger partial charge on any atom is -0.462 e. The average molecular weight is 228 g/mol. The van der Waals surface area contributed by atoms with Crippen LogP contribution in [0, 0.1) is 0 Å². The minimum atomic E-state index is -0.427. The van der Waals surface area contributed by atoms with E-state index in [4.69, 9.17) is 14.6 Å². The van der Waals surface area contributed by atoms with Crippen molar-refractivity contribution in [1.82, 2.24) is 0 Å². The Labute approximate surface area is 96.2 Å². The second-order valence-electron chi connectivity index (χ2n) is 4.19. The van der Waals surface area contributed by atoms with Gasteiger partial charge in [-0.1, -0.05) is 6.08 Å². The molecule has 2 atom stereocenters. The molecule has 0 amide bonds. The Bertz CT molecular complexity index is 254. The highest BCUT2D eigenvalue weighted by Gasteiger charge is 2.20. The Morgan fingerprint density at radius 2 is 2.38 bits per heavy atom. The summed E-state index contributed by atoms with van der Waals surface area (Å²) in [6.45, 7) is 4.55. The zero-order valence-corrected chi connectivity index (χ0v) is 9.94. The van der Waals surface area contributed by atoms with Crippen LogP contribution in [0.2, 0.25) is 0 Å². The summed E-state index contributed by atoms with van der Waals surface area (Å²) in [7, 11) is 0. The van der Waals surface area contributed by atoms with Crippen LogP contribution in [0.4, 0.5) is 0 Å². The number of ether oxygens (including phenoxy) is 2. The number of esters is 1. The summed E-state index contributed by atoms with van der Waals surface area (Å²) >= 11 is 0. The number of epoxide rings is 1. The maximum atomic E-state index is 11.4. The molecule has 1 aliphatic rings. The number of allylic oxidation sites excluding steroid dienone is 1. The van der Waals surface area contributed by atoms with E-state index < -0.39 is 6.10 Å². The van der Waals surface area contributed by atoms with Gasteiger partial charge in [-0.3, -0.25) is 0 Å². The van der Waals surface area contributed by atoms with Gasteiger partial charge in [0, 0.05) is 12.0 Å². The lowest BCUT2D eigenvalue weighted by Crippen LogP contribution is -2.11. The highest BCUT2D eigenvalue weighted by molar-refractivity contribution is 5.87. The minimum absolute atomic E-state index is 0.271. The first kappa shape index (κ1) is 13.2. The van der Waals surface area contributed by atoms with E-state index in [-0.39, 0.29) is 12.6 Å². The first-order chi connectivity index (χ1) is 7.59. The molecule has 0 bridgehead atoms. The van der Waals surface area contributed by atoms with Gasteiger partial charge in [-0.25, -0.2) is 4.79 Å². The summed E-state index contributed by atoms with van der Waals surface area (Å²) < 4.78 is 10.1. The molecule has 0 aliphatic carbocycles. The van der Waals surface area contributed by atoms with Gasteiger partial charge in [0.05, 0.1) is 25.4 Å². The normalized spacial score (nSPS) is 21.7. The van der Waals surface area contributed by atoms with E-state index in [0.717, 1.165) is 19.4 Å². The zero-order chi connectivity index (χ0) is 12.0. The van der Waals surface area contributed by atoms with Crippen LogP contribution in [0.3, 0.4) is 0 Å². The third-order valence-electron chi connectivity index (χ3n) is 2.43. The monoisotopic (exact) mass is 228 g/mol. The van der Waals surface area contributed by atoms with E-state index in [1.165, 1.54) is 0 Å². The lowest BCUT2D eigenvalue weighted by Gasteiger charge is -2.06. The summed E-state index contributed by atoms with van der Waals surface area (Å²) in [4.78, 5) is 11.4. The SMILES string of the molecule is CC(=CCCC1CO1)C(=O)OCCC(C)O. The number of aliphatic hydroxyl groups is 1. The summed E-state index contributed by atoms with van der Waals surface area (Å²) in [6.07, 6.45) is 4.15. The first-order valence-corrected chi connectivity index (χ1v) is 5.73. The number of rotatable bonds is 7. The molecule has 0 aromatic rings. The molecule has 1 rings (SSSR count). The van der Waals surface area contributed by atoms with E-state index in [9.17, 15) is 4.79 Å². The molecule has 0 radical (unpaired) electrons. The Kier molecular flexibility index (Phi) is 5.49. The largest absolute Gasteiger partial charge is 0.462 e. The van der Waals surface area contributed by atoms with Crippen molar-refractivity contribution in [2.24, 2.45) is 0 Å². The molecule has 92 valence electrons. The predicted octanol–water partition coefficient (Wildman–Crippen LogP) is 1.43. The van der Waals surface area contributed by atoms with Gasteiger partial charge in [0.15, 0.2) is 0 Å². The molecule has 0 spiro atoms. The Hall–Kier alpha value is -0.870. The molecule has 1 heterocycles. The van der Waals surface area contributed by atoms with Crippen LogP contribution in [0.15, 0.2) is 11.6 Å². The van der Waals surface area contributed by atoms with Crippen LogP contribution in [0.1, 0.15) is 33.1 Å². The molecular formula is C12H20O4. The van der Waals surface area contributed by atoms with Gasteiger partial charge < -0.3 is 14.6 Å². The first-order valence-electron chi connectivity index (χ1n) is 5.73. The van der Waals surface area contributed by atoms with Crippen molar-refractivity contribution in [1.29, 1.82) is 0 Å². The number of hydrogen-bond acceptors (Lipinski definition) is 4. The van der Waals surface area contributed by atoms with Crippen molar-refractivity contribution in [3.05, 3.63) is 11.6 Å².